The molecular formula is C15H13ClN2O3. The van der Waals surface area contributed by atoms with Crippen LogP contribution in [0.4, 0.5) is 5.69 Å². The van der Waals surface area contributed by atoms with Crippen LogP contribution in [0.2, 0.25) is 5.02 Å². The Balaban J connectivity index is 2.01. The van der Waals surface area contributed by atoms with E-state index >= 15 is 0 Å². The first-order valence-electron chi connectivity index (χ1n) is 6.16. The van der Waals surface area contributed by atoms with Crippen LogP contribution in [0.25, 0.3) is 6.08 Å². The van der Waals surface area contributed by atoms with E-state index in [0.717, 1.165) is 6.08 Å². The van der Waals surface area contributed by atoms with Crippen molar-refractivity contribution < 1.29 is 14.7 Å². The Morgan fingerprint density at radius 1 is 1.24 bits per heavy atom. The van der Waals surface area contributed by atoms with Crippen molar-refractivity contribution in [3.05, 3.63) is 59.4 Å². The summed E-state index contributed by atoms with van der Waals surface area (Å²) in [6.45, 7) is 0.0922. The first-order chi connectivity index (χ1) is 10.0. The number of aliphatic carboxylic acids is 1. The van der Waals surface area contributed by atoms with Crippen LogP contribution in [0.3, 0.4) is 0 Å². The van der Waals surface area contributed by atoms with E-state index < -0.39 is 5.97 Å². The zero-order valence-corrected chi connectivity index (χ0v) is 11.7. The molecule has 0 aliphatic carbocycles. The van der Waals surface area contributed by atoms with E-state index in [1.165, 1.54) is 6.08 Å². The minimum atomic E-state index is -1.03. The first-order valence-corrected chi connectivity index (χ1v) is 6.54. The molecule has 1 aromatic carbocycles. The van der Waals surface area contributed by atoms with Crippen LogP contribution >= 0.6 is 11.6 Å². The van der Waals surface area contributed by atoms with Gasteiger partial charge in [-0.25, -0.2) is 4.79 Å². The fraction of sp³-hybridized carbons (Fsp3) is 0.0667. The molecule has 0 aliphatic rings. The standard InChI is InChI=1S/C15H13ClN2O3/c16-11-3-5-12(6-4-11)17-14(19)10-18-9-1-2-13(18)7-8-15(20)21/h1-9H,10H2,(H,17,19)(H,20,21)/b8-7+. The highest BCUT2D eigenvalue weighted by Crippen LogP contribution is 2.13. The Bertz CT molecular complexity index is 674. The lowest BCUT2D eigenvalue weighted by atomic mass is 10.3. The van der Waals surface area contributed by atoms with Gasteiger partial charge in [0.15, 0.2) is 0 Å². The van der Waals surface area contributed by atoms with E-state index in [4.69, 9.17) is 16.7 Å². The third-order valence-electron chi connectivity index (χ3n) is 2.70. The number of benzene rings is 1. The first kappa shape index (κ1) is 14.9. The van der Waals surface area contributed by atoms with Gasteiger partial charge in [0.2, 0.25) is 5.91 Å². The number of rotatable bonds is 5. The van der Waals surface area contributed by atoms with Gasteiger partial charge in [-0.2, -0.15) is 0 Å². The molecule has 0 atom stereocenters. The van der Waals surface area contributed by atoms with E-state index in [2.05, 4.69) is 5.32 Å². The van der Waals surface area contributed by atoms with E-state index in [-0.39, 0.29) is 12.5 Å². The van der Waals surface area contributed by atoms with Crippen molar-refractivity contribution in [1.29, 1.82) is 0 Å². The van der Waals surface area contributed by atoms with Crippen molar-refractivity contribution in [2.24, 2.45) is 0 Å². The maximum absolute atomic E-state index is 11.9. The van der Waals surface area contributed by atoms with Crippen LogP contribution in [-0.4, -0.2) is 21.6 Å². The maximum Gasteiger partial charge on any atom is 0.328 e. The second-order valence-electron chi connectivity index (χ2n) is 4.29. The minimum absolute atomic E-state index is 0.0922. The van der Waals surface area contributed by atoms with E-state index in [0.29, 0.717) is 16.4 Å². The number of carbonyl (C=O) groups is 2. The van der Waals surface area contributed by atoms with Crippen molar-refractivity contribution in [3.63, 3.8) is 0 Å². The molecule has 5 nitrogen and oxygen atoms in total. The van der Waals surface area contributed by atoms with Crippen molar-refractivity contribution in [2.75, 3.05) is 5.32 Å². The van der Waals surface area contributed by atoms with Gasteiger partial charge < -0.3 is 15.0 Å². The third-order valence-corrected chi connectivity index (χ3v) is 2.96. The predicted molar refractivity (Wildman–Crippen MR) is 81.2 cm³/mol. The van der Waals surface area contributed by atoms with Gasteiger partial charge in [-0.3, -0.25) is 4.79 Å². The monoisotopic (exact) mass is 304 g/mol. The summed E-state index contributed by atoms with van der Waals surface area (Å²) in [6.07, 6.45) is 4.18. The van der Waals surface area contributed by atoms with Gasteiger partial charge in [-0.05, 0) is 42.5 Å². The normalized spacial score (nSPS) is 10.7. The lowest BCUT2D eigenvalue weighted by Crippen LogP contribution is -2.18. The van der Waals surface area contributed by atoms with E-state index in [9.17, 15) is 9.59 Å². The molecule has 0 radical (unpaired) electrons. The summed E-state index contributed by atoms with van der Waals surface area (Å²) >= 11 is 5.77. The quantitative estimate of drug-likeness (QED) is 0.834. The van der Waals surface area contributed by atoms with Crippen LogP contribution in [0, 0.1) is 0 Å². The number of carboxylic acid groups (broad SMARTS) is 1. The average molecular weight is 305 g/mol. The number of nitrogens with one attached hydrogen (secondary N) is 1. The Morgan fingerprint density at radius 2 is 1.95 bits per heavy atom. The lowest BCUT2D eigenvalue weighted by Gasteiger charge is -2.08. The van der Waals surface area contributed by atoms with Gasteiger partial charge in [0.1, 0.15) is 6.54 Å². The summed E-state index contributed by atoms with van der Waals surface area (Å²) in [5, 5.41) is 12.0. The molecule has 0 spiro atoms. The Kier molecular flexibility index (Phi) is 4.79. The number of amides is 1. The summed E-state index contributed by atoms with van der Waals surface area (Å²) < 4.78 is 1.66. The summed E-state index contributed by atoms with van der Waals surface area (Å²) in [7, 11) is 0. The highest BCUT2D eigenvalue weighted by atomic mass is 35.5. The zero-order valence-electron chi connectivity index (χ0n) is 11.0. The average Bonchev–Trinajstić information content (AvgIpc) is 2.86. The van der Waals surface area contributed by atoms with Gasteiger partial charge in [0.05, 0.1) is 0 Å². The Hall–Kier alpha value is -2.53. The molecule has 1 amide bonds. The molecule has 2 N–H and O–H groups in total. The largest absolute Gasteiger partial charge is 0.478 e. The van der Waals surface area contributed by atoms with Crippen LogP contribution in [-0.2, 0) is 16.1 Å². The molecule has 0 fully saturated rings. The van der Waals surface area contributed by atoms with Crippen molar-refractivity contribution in [3.8, 4) is 0 Å². The SMILES string of the molecule is O=C(O)/C=C/c1cccn1CC(=O)Nc1ccc(Cl)cc1. The van der Waals surface area contributed by atoms with Crippen molar-refractivity contribution in [1.82, 2.24) is 4.57 Å². The number of halogens is 1. The van der Waals surface area contributed by atoms with Gasteiger partial charge in [-0.15, -0.1) is 0 Å². The molecule has 2 rings (SSSR count). The fourth-order valence-electron chi connectivity index (χ4n) is 1.77. The number of hydrogen-bond donors (Lipinski definition) is 2. The van der Waals surface area contributed by atoms with Gasteiger partial charge in [0, 0.05) is 28.7 Å². The molecule has 0 saturated carbocycles. The molecule has 0 bridgehead atoms. The number of hydrogen-bond acceptors (Lipinski definition) is 2. The third kappa shape index (κ3) is 4.50. The number of anilines is 1. The van der Waals surface area contributed by atoms with Crippen molar-refractivity contribution in [2.45, 2.75) is 6.54 Å². The highest BCUT2D eigenvalue weighted by molar-refractivity contribution is 6.30. The molecule has 6 heteroatoms. The van der Waals surface area contributed by atoms with Crippen LogP contribution < -0.4 is 5.32 Å². The Labute approximate surface area is 126 Å². The second kappa shape index (κ2) is 6.76. The van der Waals surface area contributed by atoms with Gasteiger partial charge in [0.25, 0.3) is 0 Å². The summed E-state index contributed by atoms with van der Waals surface area (Å²) in [5.74, 6) is -1.24. The number of aromatic nitrogens is 1. The second-order valence-corrected chi connectivity index (χ2v) is 4.72. The topological polar surface area (TPSA) is 71.3 Å². The summed E-state index contributed by atoms with van der Waals surface area (Å²) in [5.41, 5.74) is 1.29. The molecule has 2 aromatic rings. The smallest absolute Gasteiger partial charge is 0.328 e. The maximum atomic E-state index is 11.9. The van der Waals surface area contributed by atoms with Crippen LogP contribution in [0.15, 0.2) is 48.7 Å². The fourth-order valence-corrected chi connectivity index (χ4v) is 1.89. The molecule has 0 aliphatic heterocycles. The van der Waals surface area contributed by atoms with E-state index in [1.54, 1.807) is 47.2 Å². The highest BCUT2D eigenvalue weighted by Gasteiger charge is 2.06. The van der Waals surface area contributed by atoms with Crippen molar-refractivity contribution >= 4 is 35.2 Å². The van der Waals surface area contributed by atoms with Gasteiger partial charge >= 0.3 is 5.97 Å². The minimum Gasteiger partial charge on any atom is -0.478 e. The van der Waals surface area contributed by atoms with E-state index in [1.807, 2.05) is 0 Å². The molecule has 1 heterocycles. The van der Waals surface area contributed by atoms with Gasteiger partial charge in [-0.1, -0.05) is 11.6 Å². The summed E-state index contributed by atoms with van der Waals surface area (Å²) in [4.78, 5) is 22.5. The molecule has 108 valence electrons. The lowest BCUT2D eigenvalue weighted by molar-refractivity contribution is -0.131. The number of carboxylic acids is 1. The molecular weight excluding hydrogens is 292 g/mol. The number of carbonyl (C=O) groups excluding carboxylic acids is 1. The molecule has 0 unspecified atom stereocenters. The molecule has 21 heavy (non-hydrogen) atoms. The van der Waals surface area contributed by atoms with Crippen LogP contribution in [0.1, 0.15) is 5.69 Å². The Morgan fingerprint density at radius 3 is 2.62 bits per heavy atom. The molecule has 0 saturated heterocycles. The predicted octanol–water partition coefficient (Wildman–Crippen LogP) is 2.88. The summed E-state index contributed by atoms with van der Waals surface area (Å²) in [6, 6.07) is 10.3. The van der Waals surface area contributed by atoms with Crippen LogP contribution in [0.5, 0.6) is 0 Å². The zero-order chi connectivity index (χ0) is 15.2. The number of nitrogens with zero attached hydrogens (tertiary/aromatic N) is 1. The molecule has 1 aromatic heterocycles.